The van der Waals surface area contributed by atoms with Crippen molar-refractivity contribution in [3.8, 4) is 0 Å². The monoisotopic (exact) mass is 389 g/mol. The molecule has 6 heteroatoms. The summed E-state index contributed by atoms with van der Waals surface area (Å²) >= 11 is 0. The van der Waals surface area contributed by atoms with Crippen LogP contribution < -0.4 is 0 Å². The van der Waals surface area contributed by atoms with Crippen molar-refractivity contribution in [2.45, 2.75) is 38.3 Å². The summed E-state index contributed by atoms with van der Waals surface area (Å²) in [7, 11) is 4.08. The van der Waals surface area contributed by atoms with Gasteiger partial charge in [-0.1, -0.05) is 30.3 Å². The SMILES string of the molecule is CN(C)CCCN1CC2(CCC1=O)CCN(C(=O)C(F)c1ccccc1)CC2. The lowest BCUT2D eigenvalue weighted by atomic mass is 9.72. The Morgan fingerprint density at radius 2 is 1.86 bits per heavy atom. The van der Waals surface area contributed by atoms with Crippen LogP contribution in [0.15, 0.2) is 30.3 Å². The Kier molecular flexibility index (Phi) is 6.70. The zero-order valence-corrected chi connectivity index (χ0v) is 17.1. The molecule has 28 heavy (non-hydrogen) atoms. The van der Waals surface area contributed by atoms with Crippen LogP contribution in [0.5, 0.6) is 0 Å². The molecule has 0 aromatic heterocycles. The molecule has 2 aliphatic rings. The third-order valence-electron chi connectivity index (χ3n) is 6.23. The minimum absolute atomic E-state index is 0.0847. The largest absolute Gasteiger partial charge is 0.342 e. The van der Waals surface area contributed by atoms with Gasteiger partial charge in [0.15, 0.2) is 0 Å². The Morgan fingerprint density at radius 3 is 2.50 bits per heavy atom. The van der Waals surface area contributed by atoms with Gasteiger partial charge in [0.1, 0.15) is 0 Å². The van der Waals surface area contributed by atoms with E-state index in [9.17, 15) is 14.0 Å². The first-order valence-corrected chi connectivity index (χ1v) is 10.3. The van der Waals surface area contributed by atoms with Crippen molar-refractivity contribution in [3.05, 3.63) is 35.9 Å². The second-order valence-electron chi connectivity index (χ2n) is 8.57. The lowest BCUT2D eigenvalue weighted by Crippen LogP contribution is -2.53. The molecule has 2 fully saturated rings. The van der Waals surface area contributed by atoms with Crippen LogP contribution in [0.4, 0.5) is 4.39 Å². The Bertz CT molecular complexity index is 672. The van der Waals surface area contributed by atoms with Crippen molar-refractivity contribution in [2.24, 2.45) is 5.41 Å². The number of piperidine rings is 2. The molecule has 2 saturated heterocycles. The molecule has 0 bridgehead atoms. The number of nitrogens with zero attached hydrogens (tertiary/aromatic N) is 3. The van der Waals surface area contributed by atoms with Gasteiger partial charge in [-0.05, 0) is 57.3 Å². The third kappa shape index (κ3) is 4.90. The molecule has 1 unspecified atom stereocenters. The van der Waals surface area contributed by atoms with E-state index in [2.05, 4.69) is 4.90 Å². The maximum absolute atomic E-state index is 14.6. The topological polar surface area (TPSA) is 43.9 Å². The van der Waals surface area contributed by atoms with Crippen LogP contribution in [0.1, 0.15) is 43.8 Å². The van der Waals surface area contributed by atoms with Crippen LogP contribution in [0.25, 0.3) is 0 Å². The normalized spacial score (nSPS) is 20.6. The molecule has 1 atom stereocenters. The van der Waals surface area contributed by atoms with E-state index >= 15 is 0 Å². The molecule has 2 amide bonds. The van der Waals surface area contributed by atoms with Crippen molar-refractivity contribution in [3.63, 3.8) is 0 Å². The summed E-state index contributed by atoms with van der Waals surface area (Å²) in [6.07, 6.45) is 2.54. The van der Waals surface area contributed by atoms with Gasteiger partial charge in [0.2, 0.25) is 12.1 Å². The second kappa shape index (κ2) is 9.03. The molecular weight excluding hydrogens is 357 g/mol. The van der Waals surface area contributed by atoms with Crippen molar-refractivity contribution >= 4 is 11.8 Å². The molecule has 1 aromatic rings. The Balaban J connectivity index is 1.54. The number of hydrogen-bond donors (Lipinski definition) is 0. The number of amides is 2. The zero-order valence-electron chi connectivity index (χ0n) is 17.1. The van der Waals surface area contributed by atoms with Crippen LogP contribution >= 0.6 is 0 Å². The fourth-order valence-electron chi connectivity index (χ4n) is 4.42. The van der Waals surface area contributed by atoms with Gasteiger partial charge in [0.25, 0.3) is 5.91 Å². The summed E-state index contributed by atoms with van der Waals surface area (Å²) < 4.78 is 14.6. The van der Waals surface area contributed by atoms with Crippen LogP contribution in [0, 0.1) is 5.41 Å². The number of carbonyl (C=O) groups excluding carboxylic acids is 2. The zero-order chi connectivity index (χ0) is 20.1. The second-order valence-corrected chi connectivity index (χ2v) is 8.57. The third-order valence-corrected chi connectivity index (χ3v) is 6.23. The number of hydrogen-bond acceptors (Lipinski definition) is 3. The van der Waals surface area contributed by atoms with Crippen LogP contribution in [-0.2, 0) is 9.59 Å². The Hall–Kier alpha value is -1.95. The molecular formula is C22H32FN3O2. The van der Waals surface area contributed by atoms with E-state index < -0.39 is 12.1 Å². The molecule has 5 nitrogen and oxygen atoms in total. The van der Waals surface area contributed by atoms with Crippen molar-refractivity contribution in [1.82, 2.24) is 14.7 Å². The van der Waals surface area contributed by atoms with Crippen molar-refractivity contribution < 1.29 is 14.0 Å². The Morgan fingerprint density at radius 1 is 1.18 bits per heavy atom. The highest BCUT2D eigenvalue weighted by atomic mass is 19.1. The molecule has 0 radical (unpaired) electrons. The lowest BCUT2D eigenvalue weighted by molar-refractivity contribution is -0.145. The fourth-order valence-corrected chi connectivity index (χ4v) is 4.42. The quantitative estimate of drug-likeness (QED) is 0.751. The summed E-state index contributed by atoms with van der Waals surface area (Å²) in [4.78, 5) is 30.7. The highest BCUT2D eigenvalue weighted by Gasteiger charge is 2.42. The van der Waals surface area contributed by atoms with Gasteiger partial charge in [-0.2, -0.15) is 0 Å². The number of rotatable bonds is 6. The molecule has 154 valence electrons. The van der Waals surface area contributed by atoms with E-state index in [0.29, 0.717) is 25.1 Å². The van der Waals surface area contributed by atoms with Crippen molar-refractivity contribution in [2.75, 3.05) is 46.8 Å². The van der Waals surface area contributed by atoms with E-state index in [1.54, 1.807) is 29.2 Å². The summed E-state index contributed by atoms with van der Waals surface area (Å²) in [6, 6.07) is 8.65. The highest BCUT2D eigenvalue weighted by Crippen LogP contribution is 2.40. The molecule has 0 aliphatic carbocycles. The van der Waals surface area contributed by atoms with Gasteiger partial charge >= 0.3 is 0 Å². The van der Waals surface area contributed by atoms with Gasteiger partial charge in [-0.15, -0.1) is 0 Å². The van der Waals surface area contributed by atoms with Gasteiger partial charge < -0.3 is 14.7 Å². The summed E-state index contributed by atoms with van der Waals surface area (Å²) in [5.41, 5.74) is 0.504. The first kappa shape index (κ1) is 20.8. The van der Waals surface area contributed by atoms with Gasteiger partial charge in [0, 0.05) is 32.6 Å². The smallest absolute Gasteiger partial charge is 0.261 e. The highest BCUT2D eigenvalue weighted by molar-refractivity contribution is 5.82. The summed E-state index contributed by atoms with van der Waals surface area (Å²) in [6.45, 7) is 3.69. The maximum atomic E-state index is 14.6. The Labute approximate surface area is 167 Å². The van der Waals surface area contributed by atoms with Crippen LogP contribution in [0.2, 0.25) is 0 Å². The molecule has 1 spiro atoms. The van der Waals surface area contributed by atoms with Gasteiger partial charge in [-0.25, -0.2) is 4.39 Å². The number of halogens is 1. The first-order valence-electron chi connectivity index (χ1n) is 10.3. The predicted molar refractivity (Wildman–Crippen MR) is 108 cm³/mol. The maximum Gasteiger partial charge on any atom is 0.261 e. The number of carbonyl (C=O) groups is 2. The number of likely N-dealkylation sites (tertiary alicyclic amines) is 2. The summed E-state index contributed by atoms with van der Waals surface area (Å²) in [5, 5.41) is 0. The minimum atomic E-state index is -1.59. The minimum Gasteiger partial charge on any atom is -0.342 e. The number of alkyl halides is 1. The number of benzene rings is 1. The van der Waals surface area contributed by atoms with E-state index in [-0.39, 0.29) is 11.3 Å². The molecule has 0 saturated carbocycles. The average Bonchev–Trinajstić information content (AvgIpc) is 2.71. The first-order chi connectivity index (χ1) is 13.4. The van der Waals surface area contributed by atoms with E-state index in [1.807, 2.05) is 25.1 Å². The molecule has 3 rings (SSSR count). The van der Waals surface area contributed by atoms with E-state index in [4.69, 9.17) is 0 Å². The molecule has 2 heterocycles. The average molecular weight is 390 g/mol. The van der Waals surface area contributed by atoms with Gasteiger partial charge in [0.05, 0.1) is 0 Å². The fraction of sp³-hybridized carbons (Fsp3) is 0.636. The van der Waals surface area contributed by atoms with Crippen LogP contribution in [-0.4, -0.2) is 73.3 Å². The molecule has 1 aromatic carbocycles. The van der Waals surface area contributed by atoms with Gasteiger partial charge in [-0.3, -0.25) is 9.59 Å². The van der Waals surface area contributed by atoms with E-state index in [0.717, 1.165) is 45.3 Å². The molecule has 2 aliphatic heterocycles. The van der Waals surface area contributed by atoms with Crippen molar-refractivity contribution in [1.29, 1.82) is 0 Å². The van der Waals surface area contributed by atoms with E-state index in [1.165, 1.54) is 0 Å². The van der Waals surface area contributed by atoms with Crippen LogP contribution in [0.3, 0.4) is 0 Å². The predicted octanol–water partition coefficient (Wildman–Crippen LogP) is 2.88. The molecule has 0 N–H and O–H groups in total. The lowest BCUT2D eigenvalue weighted by Gasteiger charge is -2.47. The summed E-state index contributed by atoms with van der Waals surface area (Å²) in [5.74, 6) is -0.188. The standard InChI is InChI=1S/C22H32FN3O2/c1-24(2)13-6-14-26-17-22(10-9-19(26)27)11-15-25(16-12-22)21(28)20(23)18-7-4-3-5-8-18/h3-5,7-8,20H,6,9-17H2,1-2H3.